The normalized spacial score (nSPS) is 5.71. The van der Waals surface area contributed by atoms with Crippen molar-refractivity contribution < 1.29 is 0 Å². The van der Waals surface area contributed by atoms with Crippen LogP contribution < -0.4 is 0 Å². The zero-order chi connectivity index (χ0) is 3.54. The van der Waals surface area contributed by atoms with Crippen LogP contribution in [0, 0.1) is 0 Å². The van der Waals surface area contributed by atoms with Crippen molar-refractivity contribution in [2.24, 2.45) is 0 Å². The Balaban J connectivity index is 0. The van der Waals surface area contributed by atoms with Gasteiger partial charge in [0.2, 0.25) is 0 Å². The van der Waals surface area contributed by atoms with Crippen LogP contribution in [0.4, 0.5) is 0 Å². The van der Waals surface area contributed by atoms with E-state index < -0.39 is 0 Å². The Labute approximate surface area is 51.4 Å². The molecule has 1 aromatic heterocycles. The molecule has 4 heteroatoms. The second kappa shape index (κ2) is 5.64. The van der Waals surface area contributed by atoms with Crippen LogP contribution >= 0.6 is 0 Å². The third-order valence-corrected chi connectivity index (χ3v) is 0.406. The van der Waals surface area contributed by atoms with Crippen LogP contribution in [0.1, 0.15) is 0 Å². The van der Waals surface area contributed by atoms with E-state index >= 15 is 0 Å². The molecular weight excluding hydrogens is 120 g/mol. The van der Waals surface area contributed by atoms with Crippen molar-refractivity contribution in [2.75, 3.05) is 0 Å². The van der Waals surface area contributed by atoms with Gasteiger partial charge in [0.15, 0.2) is 0 Å². The van der Waals surface area contributed by atoms with Crippen LogP contribution in [0.2, 0.25) is 0 Å². The van der Waals surface area contributed by atoms with Gasteiger partial charge >= 0.3 is 0 Å². The quantitative estimate of drug-likeness (QED) is 0.389. The molecule has 0 radical (unpaired) electrons. The number of hydrogen-bond donors (Lipinski definition) is 1. The molecule has 1 heterocycles. The molecule has 0 fully saturated rings. The fourth-order valence-corrected chi connectivity index (χ4v) is 0.215. The summed E-state index contributed by atoms with van der Waals surface area (Å²) in [5, 5.41) is 0. The molecule has 0 saturated heterocycles. The van der Waals surface area contributed by atoms with Gasteiger partial charge in [0, 0.05) is 12.4 Å². The Morgan fingerprint density at radius 3 is 2.14 bits per heavy atom. The number of aromatic amines is 1. The fraction of sp³-hybridized carbons (Fsp3) is 0. The van der Waals surface area contributed by atoms with Crippen molar-refractivity contribution in [3.05, 3.63) is 18.7 Å². The van der Waals surface area contributed by atoms with Crippen LogP contribution in [-0.4, -0.2) is 31.9 Å². The summed E-state index contributed by atoms with van der Waals surface area (Å²) in [6.07, 6.45) is 5.08. The summed E-state index contributed by atoms with van der Waals surface area (Å²) in [7, 11) is 0. The molecule has 0 saturated carbocycles. The molecule has 0 bridgehead atoms. The molecular formula is C3H12N2Si2. The minimum Gasteiger partial charge on any atom is -0.351 e. The van der Waals surface area contributed by atoms with Crippen LogP contribution in [-0.2, 0) is 0 Å². The summed E-state index contributed by atoms with van der Waals surface area (Å²) in [6.45, 7) is 0. The molecule has 7 heavy (non-hydrogen) atoms. The number of nitrogens with zero attached hydrogens (tertiary/aromatic N) is 1. The first-order valence-corrected chi connectivity index (χ1v) is 1.43. The molecule has 0 aliphatic rings. The summed E-state index contributed by atoms with van der Waals surface area (Å²) < 4.78 is 0. The van der Waals surface area contributed by atoms with Crippen molar-refractivity contribution in [1.29, 1.82) is 0 Å². The maximum absolute atomic E-state index is 3.67. The van der Waals surface area contributed by atoms with Crippen molar-refractivity contribution in [3.63, 3.8) is 0 Å². The highest BCUT2D eigenvalue weighted by Crippen LogP contribution is 1.62. The van der Waals surface area contributed by atoms with Gasteiger partial charge in [0.05, 0.1) is 6.33 Å². The minimum atomic E-state index is 0. The van der Waals surface area contributed by atoms with Gasteiger partial charge in [0.25, 0.3) is 0 Å². The van der Waals surface area contributed by atoms with E-state index in [1.54, 1.807) is 18.7 Å². The van der Waals surface area contributed by atoms with Gasteiger partial charge in [-0.25, -0.2) is 4.98 Å². The first-order chi connectivity index (χ1) is 2.50. The molecule has 0 atom stereocenters. The summed E-state index contributed by atoms with van der Waals surface area (Å²) in [5.74, 6) is 0. The van der Waals surface area contributed by atoms with E-state index in [1.165, 1.54) is 0 Å². The predicted molar refractivity (Wildman–Crippen MR) is 41.3 cm³/mol. The molecule has 1 rings (SSSR count). The lowest BCUT2D eigenvalue weighted by molar-refractivity contribution is 1.31. The molecule has 0 aliphatic heterocycles. The lowest BCUT2D eigenvalue weighted by atomic mass is 11.0. The molecule has 1 N–H and O–H groups in total. The van der Waals surface area contributed by atoms with Gasteiger partial charge in [-0.2, -0.15) is 0 Å². The molecule has 0 aliphatic carbocycles. The van der Waals surface area contributed by atoms with Gasteiger partial charge in [-0.05, 0) is 21.9 Å². The van der Waals surface area contributed by atoms with Crippen molar-refractivity contribution >= 4 is 21.9 Å². The standard InChI is InChI=1S/C3H4N2.2H4Si/c1-2-5-3-4-1;;/h1-3H,(H,4,5);2*1H4. The summed E-state index contributed by atoms with van der Waals surface area (Å²) in [4.78, 5) is 6.42. The van der Waals surface area contributed by atoms with Crippen molar-refractivity contribution in [3.8, 4) is 0 Å². The molecule has 1 aromatic rings. The number of aromatic nitrogens is 2. The molecule has 0 amide bonds. The van der Waals surface area contributed by atoms with Gasteiger partial charge < -0.3 is 4.98 Å². The van der Waals surface area contributed by atoms with Gasteiger partial charge in [-0.1, -0.05) is 0 Å². The van der Waals surface area contributed by atoms with E-state index in [1.807, 2.05) is 0 Å². The first kappa shape index (κ1) is 9.81. The monoisotopic (exact) mass is 132 g/mol. The highest BCUT2D eigenvalue weighted by Gasteiger charge is 1.56. The highest BCUT2D eigenvalue weighted by atomic mass is 28.1. The number of rotatable bonds is 0. The molecule has 2 nitrogen and oxygen atoms in total. The minimum absolute atomic E-state index is 0. The van der Waals surface area contributed by atoms with E-state index in [0.717, 1.165) is 0 Å². The zero-order valence-electron chi connectivity index (χ0n) is 2.68. The lowest BCUT2D eigenvalue weighted by Crippen LogP contribution is -1.44. The number of H-pyrrole nitrogens is 1. The average molecular weight is 132 g/mol. The van der Waals surface area contributed by atoms with E-state index in [4.69, 9.17) is 0 Å². The highest BCUT2D eigenvalue weighted by molar-refractivity contribution is 5.76. The first-order valence-electron chi connectivity index (χ1n) is 1.43. The van der Waals surface area contributed by atoms with Crippen molar-refractivity contribution in [2.45, 2.75) is 0 Å². The summed E-state index contributed by atoms with van der Waals surface area (Å²) >= 11 is 0. The molecule has 0 unspecified atom stereocenters. The van der Waals surface area contributed by atoms with Crippen LogP contribution in [0.5, 0.6) is 0 Å². The van der Waals surface area contributed by atoms with Crippen molar-refractivity contribution in [1.82, 2.24) is 9.97 Å². The Bertz CT molecular complexity index is 67.4. The predicted octanol–water partition coefficient (Wildman–Crippen LogP) is -2.49. The summed E-state index contributed by atoms with van der Waals surface area (Å²) in [6, 6.07) is 0. The Morgan fingerprint density at radius 2 is 2.00 bits per heavy atom. The number of imidazole rings is 1. The van der Waals surface area contributed by atoms with E-state index in [0.29, 0.717) is 0 Å². The van der Waals surface area contributed by atoms with Gasteiger partial charge in [-0.3, -0.25) is 0 Å². The Hall–Kier alpha value is -0.356. The number of hydrogen-bond acceptors (Lipinski definition) is 1. The second-order valence-corrected chi connectivity index (χ2v) is 0.761. The van der Waals surface area contributed by atoms with Gasteiger partial charge in [0.1, 0.15) is 0 Å². The van der Waals surface area contributed by atoms with E-state index in [-0.39, 0.29) is 21.9 Å². The van der Waals surface area contributed by atoms with Gasteiger partial charge in [-0.15, -0.1) is 0 Å². The molecule has 42 valence electrons. The Kier molecular flexibility index (Phi) is 7.91. The SMILES string of the molecule is [SiH4].[SiH4].c1c[nH]cn1. The second-order valence-electron chi connectivity index (χ2n) is 0.761. The Morgan fingerprint density at radius 1 is 1.29 bits per heavy atom. The molecule has 0 spiro atoms. The average Bonchev–Trinajstić information content (AvgIpc) is 1.76. The third kappa shape index (κ3) is 3.47. The smallest absolute Gasteiger partial charge is 0.0919 e. The van der Waals surface area contributed by atoms with Crippen LogP contribution in [0.25, 0.3) is 0 Å². The molecule has 0 aromatic carbocycles. The maximum atomic E-state index is 3.67. The maximum Gasteiger partial charge on any atom is 0.0919 e. The summed E-state index contributed by atoms with van der Waals surface area (Å²) in [5.41, 5.74) is 0. The lowest BCUT2D eigenvalue weighted by Gasteiger charge is -1.46. The third-order valence-electron chi connectivity index (χ3n) is 0.406. The van der Waals surface area contributed by atoms with Crippen LogP contribution in [0.3, 0.4) is 0 Å². The van der Waals surface area contributed by atoms with E-state index in [9.17, 15) is 0 Å². The topological polar surface area (TPSA) is 28.7 Å². The zero-order valence-corrected chi connectivity index (χ0v) is 2.68. The largest absolute Gasteiger partial charge is 0.351 e. The number of nitrogens with one attached hydrogen (secondary N) is 1. The van der Waals surface area contributed by atoms with E-state index in [2.05, 4.69) is 9.97 Å². The van der Waals surface area contributed by atoms with Crippen LogP contribution in [0.15, 0.2) is 18.7 Å². The fourth-order valence-electron chi connectivity index (χ4n) is 0.215.